The number of anilines is 2. The number of para-hydroxylation sites is 2. The van der Waals surface area contributed by atoms with Gasteiger partial charge in [-0.25, -0.2) is 0 Å². The third-order valence-corrected chi connectivity index (χ3v) is 4.27. The van der Waals surface area contributed by atoms with Crippen LogP contribution in [0.2, 0.25) is 0 Å². The first kappa shape index (κ1) is 11.6. The molecule has 0 aliphatic carbocycles. The maximum Gasteiger partial charge on any atom is 0.0602 e. The quantitative estimate of drug-likeness (QED) is 0.818. The van der Waals surface area contributed by atoms with Crippen LogP contribution >= 0.6 is 11.8 Å². The molecule has 0 bridgehead atoms. The minimum Gasteiger partial charge on any atom is -0.397 e. The first-order valence-corrected chi connectivity index (χ1v) is 7.17. The summed E-state index contributed by atoms with van der Waals surface area (Å²) in [7, 11) is 0. The molecule has 1 saturated heterocycles. The molecule has 0 amide bonds. The molecule has 2 N–H and O–H groups in total. The predicted molar refractivity (Wildman–Crippen MR) is 74.2 cm³/mol. The normalized spacial score (nSPS) is 17.3. The molecule has 1 aliphatic rings. The highest BCUT2D eigenvalue weighted by Gasteiger charge is 2.21. The van der Waals surface area contributed by atoms with Crippen LogP contribution in [0.1, 0.15) is 19.8 Å². The lowest BCUT2D eigenvalue weighted by Crippen LogP contribution is -2.38. The number of hydrogen-bond donors (Lipinski definition) is 1. The van der Waals surface area contributed by atoms with Crippen molar-refractivity contribution in [1.82, 2.24) is 0 Å². The molecule has 1 heterocycles. The molecular formula is C13H20N2S. The van der Waals surface area contributed by atoms with Crippen LogP contribution in [0.4, 0.5) is 11.4 Å². The van der Waals surface area contributed by atoms with Crippen LogP contribution in [0.15, 0.2) is 24.3 Å². The Balaban J connectivity index is 2.18. The summed E-state index contributed by atoms with van der Waals surface area (Å²) < 4.78 is 0. The third kappa shape index (κ3) is 2.46. The first-order chi connectivity index (χ1) is 7.83. The van der Waals surface area contributed by atoms with Crippen LogP contribution in [-0.4, -0.2) is 24.1 Å². The van der Waals surface area contributed by atoms with Crippen LogP contribution in [0.5, 0.6) is 0 Å². The summed E-state index contributed by atoms with van der Waals surface area (Å²) in [6.07, 6.45) is 2.57. The van der Waals surface area contributed by atoms with E-state index in [0.29, 0.717) is 6.04 Å². The molecule has 2 nitrogen and oxygen atoms in total. The highest BCUT2D eigenvalue weighted by atomic mass is 32.2. The molecule has 0 atom stereocenters. The van der Waals surface area contributed by atoms with Gasteiger partial charge >= 0.3 is 0 Å². The van der Waals surface area contributed by atoms with Crippen molar-refractivity contribution in [2.75, 3.05) is 28.7 Å². The molecule has 0 aromatic heterocycles. The van der Waals surface area contributed by atoms with Gasteiger partial charge in [0.05, 0.1) is 11.4 Å². The Hall–Kier alpha value is -0.830. The summed E-state index contributed by atoms with van der Waals surface area (Å²) >= 11 is 2.07. The molecule has 1 aromatic carbocycles. The van der Waals surface area contributed by atoms with E-state index in [1.807, 2.05) is 12.1 Å². The Labute approximate surface area is 102 Å². The van der Waals surface area contributed by atoms with E-state index >= 15 is 0 Å². The molecule has 0 spiro atoms. The van der Waals surface area contributed by atoms with E-state index in [4.69, 9.17) is 5.73 Å². The Morgan fingerprint density at radius 3 is 2.62 bits per heavy atom. The molecule has 3 heteroatoms. The van der Waals surface area contributed by atoms with Crippen molar-refractivity contribution in [3.05, 3.63) is 24.3 Å². The van der Waals surface area contributed by atoms with E-state index < -0.39 is 0 Å². The van der Waals surface area contributed by atoms with Gasteiger partial charge in [-0.1, -0.05) is 12.1 Å². The zero-order chi connectivity index (χ0) is 11.4. The summed E-state index contributed by atoms with van der Waals surface area (Å²) in [6, 6.07) is 8.89. The highest BCUT2D eigenvalue weighted by Crippen LogP contribution is 2.29. The number of benzene rings is 1. The Kier molecular flexibility index (Phi) is 3.99. The average molecular weight is 236 g/mol. The molecule has 1 fully saturated rings. The van der Waals surface area contributed by atoms with Gasteiger partial charge in [-0.3, -0.25) is 0 Å². The van der Waals surface area contributed by atoms with Crippen molar-refractivity contribution < 1.29 is 0 Å². The fourth-order valence-electron chi connectivity index (χ4n) is 2.37. The topological polar surface area (TPSA) is 29.3 Å². The Morgan fingerprint density at radius 2 is 2.00 bits per heavy atom. The second kappa shape index (κ2) is 5.48. The van der Waals surface area contributed by atoms with Gasteiger partial charge in [0.25, 0.3) is 0 Å². The van der Waals surface area contributed by atoms with Gasteiger partial charge in [0.15, 0.2) is 0 Å². The second-order valence-electron chi connectivity index (χ2n) is 4.19. The van der Waals surface area contributed by atoms with Crippen molar-refractivity contribution >= 4 is 23.1 Å². The molecule has 0 unspecified atom stereocenters. The monoisotopic (exact) mass is 236 g/mol. The van der Waals surface area contributed by atoms with E-state index in [1.54, 1.807) is 0 Å². The maximum atomic E-state index is 6.06. The first-order valence-electron chi connectivity index (χ1n) is 6.02. The van der Waals surface area contributed by atoms with Gasteiger partial charge in [0.2, 0.25) is 0 Å². The molecular weight excluding hydrogens is 216 g/mol. The fourth-order valence-corrected chi connectivity index (χ4v) is 3.45. The maximum absolute atomic E-state index is 6.06. The molecule has 0 saturated carbocycles. The predicted octanol–water partition coefficient (Wildman–Crippen LogP) is 2.99. The fraction of sp³-hybridized carbons (Fsp3) is 0.538. The number of nitrogens with zero attached hydrogens (tertiary/aromatic N) is 1. The summed E-state index contributed by atoms with van der Waals surface area (Å²) in [4.78, 5) is 2.47. The van der Waals surface area contributed by atoms with Gasteiger partial charge in [0.1, 0.15) is 0 Å². The van der Waals surface area contributed by atoms with Gasteiger partial charge in [0, 0.05) is 12.6 Å². The lowest BCUT2D eigenvalue weighted by molar-refractivity contribution is 0.564. The lowest BCUT2D eigenvalue weighted by atomic mass is 10.1. The standard InChI is InChI=1S/C13H20N2S/c1-2-15(11-7-9-16-10-8-11)13-6-4-3-5-12(13)14/h3-6,11H,2,7-10,14H2,1H3. The van der Waals surface area contributed by atoms with Crippen LogP contribution < -0.4 is 10.6 Å². The minimum atomic E-state index is 0.677. The smallest absolute Gasteiger partial charge is 0.0602 e. The van der Waals surface area contributed by atoms with Crippen LogP contribution in [0.25, 0.3) is 0 Å². The number of rotatable bonds is 3. The van der Waals surface area contributed by atoms with Gasteiger partial charge < -0.3 is 10.6 Å². The zero-order valence-corrected chi connectivity index (χ0v) is 10.7. The zero-order valence-electron chi connectivity index (χ0n) is 9.86. The van der Waals surface area contributed by atoms with Crippen LogP contribution in [0.3, 0.4) is 0 Å². The van der Waals surface area contributed by atoms with E-state index in [9.17, 15) is 0 Å². The third-order valence-electron chi connectivity index (χ3n) is 3.22. The van der Waals surface area contributed by atoms with Crippen molar-refractivity contribution in [3.63, 3.8) is 0 Å². The molecule has 2 rings (SSSR count). The summed E-state index contributed by atoms with van der Waals surface area (Å²) in [5.41, 5.74) is 8.17. The molecule has 88 valence electrons. The molecule has 1 aromatic rings. The van der Waals surface area contributed by atoms with E-state index in [-0.39, 0.29) is 0 Å². The Morgan fingerprint density at radius 1 is 1.31 bits per heavy atom. The van der Waals surface area contributed by atoms with Gasteiger partial charge in [-0.2, -0.15) is 11.8 Å². The molecule has 16 heavy (non-hydrogen) atoms. The van der Waals surface area contributed by atoms with Crippen LogP contribution in [0, 0.1) is 0 Å². The number of thioether (sulfide) groups is 1. The van der Waals surface area contributed by atoms with E-state index in [0.717, 1.165) is 12.2 Å². The lowest BCUT2D eigenvalue weighted by Gasteiger charge is -2.35. The number of nitrogens with two attached hydrogens (primary N) is 1. The second-order valence-corrected chi connectivity index (χ2v) is 5.41. The van der Waals surface area contributed by atoms with Crippen molar-refractivity contribution in [2.24, 2.45) is 0 Å². The largest absolute Gasteiger partial charge is 0.397 e. The van der Waals surface area contributed by atoms with Gasteiger partial charge in [-0.05, 0) is 43.4 Å². The molecule has 1 aliphatic heterocycles. The van der Waals surface area contributed by atoms with Gasteiger partial charge in [-0.15, -0.1) is 0 Å². The number of hydrogen-bond acceptors (Lipinski definition) is 3. The minimum absolute atomic E-state index is 0.677. The van der Waals surface area contributed by atoms with Crippen molar-refractivity contribution in [1.29, 1.82) is 0 Å². The SMILES string of the molecule is CCN(c1ccccc1N)C1CCSCC1. The van der Waals surface area contributed by atoms with Crippen molar-refractivity contribution in [3.8, 4) is 0 Å². The highest BCUT2D eigenvalue weighted by molar-refractivity contribution is 7.99. The summed E-state index contributed by atoms with van der Waals surface area (Å²) in [6.45, 7) is 3.26. The van der Waals surface area contributed by atoms with Crippen LogP contribution in [-0.2, 0) is 0 Å². The molecule has 0 radical (unpaired) electrons. The average Bonchev–Trinajstić information content (AvgIpc) is 2.34. The summed E-state index contributed by atoms with van der Waals surface area (Å²) in [5.74, 6) is 2.57. The summed E-state index contributed by atoms with van der Waals surface area (Å²) in [5, 5.41) is 0. The van der Waals surface area contributed by atoms with E-state index in [2.05, 4.69) is 35.7 Å². The Bertz CT molecular complexity index is 334. The van der Waals surface area contributed by atoms with E-state index in [1.165, 1.54) is 30.0 Å². The van der Waals surface area contributed by atoms with Crippen molar-refractivity contribution in [2.45, 2.75) is 25.8 Å². The number of nitrogen functional groups attached to an aromatic ring is 1.